The van der Waals surface area contributed by atoms with Crippen molar-refractivity contribution < 1.29 is 137 Å². The van der Waals surface area contributed by atoms with Crippen LogP contribution in [0, 0.1) is 5.41 Å². The third kappa shape index (κ3) is 11.7. The molecule has 33 heavy (non-hydrogen) atoms. The van der Waals surface area contributed by atoms with Crippen LogP contribution in [0.15, 0.2) is 12.3 Å². The Labute approximate surface area is 228 Å². The largest absolute Gasteiger partial charge is 1.00 e. The molecule has 182 valence electrons. The molecule has 7 unspecified atom stereocenters. The molecule has 0 radical (unpaired) electrons. The molecular formula is C9H18N3Na2O16P3. The molecule has 24 heteroatoms. The Morgan fingerprint density at radius 1 is 1.09 bits per heavy atom. The summed E-state index contributed by atoms with van der Waals surface area (Å²) in [6.45, 7) is -1.05. The van der Waals surface area contributed by atoms with Crippen molar-refractivity contribution in [3.63, 3.8) is 0 Å². The predicted molar refractivity (Wildman–Crippen MR) is 88.3 cm³/mol. The predicted octanol–water partition coefficient (Wildman–Crippen LogP) is -10.9. The number of hydrogen-bond donors (Lipinski definition) is 6. The van der Waals surface area contributed by atoms with E-state index < -0.39 is 60.6 Å². The summed E-state index contributed by atoms with van der Waals surface area (Å²) < 4.78 is 50.3. The summed E-state index contributed by atoms with van der Waals surface area (Å²) >= 11 is 0. The van der Waals surface area contributed by atoms with Gasteiger partial charge in [-0.3, -0.25) is 14.5 Å². The normalized spacial score (nSPS) is 27.2. The fourth-order valence-corrected chi connectivity index (χ4v) is 5.17. The average Bonchev–Trinajstić information content (AvgIpc) is 2.78. The second kappa shape index (κ2) is 14.6. The van der Waals surface area contributed by atoms with E-state index in [1.165, 1.54) is 0 Å². The van der Waals surface area contributed by atoms with Crippen molar-refractivity contribution in [2.75, 3.05) is 6.61 Å². The van der Waals surface area contributed by atoms with Gasteiger partial charge in [-0.25, -0.2) is 18.4 Å². The summed E-state index contributed by atoms with van der Waals surface area (Å²) in [5.41, 5.74) is -0.376. The van der Waals surface area contributed by atoms with Gasteiger partial charge in [-0.2, -0.15) is 4.31 Å². The molecule has 2 rings (SSSR count). The van der Waals surface area contributed by atoms with Crippen LogP contribution >= 0.6 is 23.5 Å². The van der Waals surface area contributed by atoms with E-state index >= 15 is 0 Å². The fraction of sp³-hybridized carbons (Fsp3) is 0.556. The minimum absolute atomic E-state index is 0. The van der Waals surface area contributed by atoms with Crippen LogP contribution < -0.4 is 74.6 Å². The van der Waals surface area contributed by atoms with Gasteiger partial charge in [0.05, 0.1) is 12.6 Å². The topological polar surface area (TPSA) is 340 Å². The number of phosphoric ester groups is 1. The molecule has 1 aliphatic heterocycles. The molecule has 1 aromatic rings. The molecule has 19 nitrogen and oxygen atoms in total. The van der Waals surface area contributed by atoms with E-state index in [1.54, 1.807) is 0 Å². The number of aliphatic hydroxyl groups excluding tert-OH is 2. The van der Waals surface area contributed by atoms with Crippen LogP contribution in [0.5, 0.6) is 6.01 Å². The minimum Gasteiger partial charge on any atom is -0.846 e. The van der Waals surface area contributed by atoms with Crippen molar-refractivity contribution >= 4 is 23.5 Å². The van der Waals surface area contributed by atoms with Crippen molar-refractivity contribution in [3.05, 3.63) is 17.8 Å². The number of phosphoric acid groups is 3. The molecule has 10 N–H and O–H groups in total. The van der Waals surface area contributed by atoms with Crippen molar-refractivity contribution in [2.24, 2.45) is 0 Å². The summed E-state index contributed by atoms with van der Waals surface area (Å²) in [7, 11) is -17.1. The van der Waals surface area contributed by atoms with E-state index in [2.05, 4.69) is 18.1 Å². The number of aromatic nitrogens is 2. The number of nitrogens with zero attached hydrogens (tertiary/aromatic N) is 2. The number of nitrogens with one attached hydrogen (secondary N) is 1. The summed E-state index contributed by atoms with van der Waals surface area (Å²) in [5, 5.41) is 38.9. The molecule has 1 fully saturated rings. The molecule has 7 atom stereocenters. The first kappa shape index (κ1) is 38.4. The van der Waals surface area contributed by atoms with Crippen molar-refractivity contribution in [1.29, 1.82) is 5.41 Å². The number of hydrogen-bond acceptors (Lipinski definition) is 13. The van der Waals surface area contributed by atoms with Gasteiger partial charge in [0.15, 0.2) is 6.23 Å². The van der Waals surface area contributed by atoms with Crippen LogP contribution in [0.2, 0.25) is 0 Å². The summed E-state index contributed by atoms with van der Waals surface area (Å²) in [5.74, 6) is 0. The zero-order valence-electron chi connectivity index (χ0n) is 16.8. The smallest absolute Gasteiger partial charge is 0.846 e. The van der Waals surface area contributed by atoms with Gasteiger partial charge in [-0.05, 0) is 6.07 Å². The first-order valence-electron chi connectivity index (χ1n) is 7.19. The van der Waals surface area contributed by atoms with E-state index in [-0.39, 0.29) is 75.6 Å². The van der Waals surface area contributed by atoms with Gasteiger partial charge in [0.1, 0.15) is 23.8 Å². The van der Waals surface area contributed by atoms with Gasteiger partial charge >= 0.3 is 74.8 Å². The van der Waals surface area contributed by atoms with Crippen LogP contribution in [-0.2, 0) is 31.6 Å². The maximum absolute atomic E-state index is 11.8. The number of rotatable bonds is 8. The number of aliphatic hydroxyl groups is 2. The zero-order valence-corrected chi connectivity index (χ0v) is 23.5. The van der Waals surface area contributed by atoms with Crippen molar-refractivity contribution in [3.8, 4) is 6.01 Å². The first-order chi connectivity index (χ1) is 13.1. The Hall–Kier alpha value is 0.890. The van der Waals surface area contributed by atoms with Crippen LogP contribution in [0.25, 0.3) is 0 Å². The van der Waals surface area contributed by atoms with Gasteiger partial charge in [-0.1, -0.05) is 0 Å². The third-order valence-electron chi connectivity index (χ3n) is 3.26. The molecular weight excluding hydrogens is 545 g/mol. The molecule has 1 aliphatic rings. The molecule has 0 saturated carbocycles. The van der Waals surface area contributed by atoms with Gasteiger partial charge in [0, 0.05) is 6.20 Å². The Bertz CT molecular complexity index is 959. The summed E-state index contributed by atoms with van der Waals surface area (Å²) in [6, 6.07) is 0.0777. The Balaban J connectivity index is -0.00000225. The van der Waals surface area contributed by atoms with Crippen LogP contribution in [0.4, 0.5) is 0 Å². The van der Waals surface area contributed by atoms with E-state index in [9.17, 15) is 38.8 Å². The quantitative estimate of drug-likeness (QED) is 0.126. The van der Waals surface area contributed by atoms with Gasteiger partial charge < -0.3 is 55.1 Å². The molecule has 0 bridgehead atoms. The Kier molecular flexibility index (Phi) is 17.0. The second-order valence-corrected chi connectivity index (χ2v) is 9.79. The summed E-state index contributed by atoms with van der Waals surface area (Å²) in [4.78, 5) is 40.4. The molecule has 0 amide bonds. The van der Waals surface area contributed by atoms with Gasteiger partial charge in [-0.15, -0.1) is 0 Å². The maximum atomic E-state index is 11.8. The van der Waals surface area contributed by atoms with E-state index in [0.717, 1.165) is 16.8 Å². The molecule has 1 aromatic heterocycles. The number of ether oxygens (including phenoxy) is 1. The van der Waals surface area contributed by atoms with E-state index in [0.29, 0.717) is 0 Å². The molecule has 2 heterocycles. The maximum Gasteiger partial charge on any atom is 1.00 e. The van der Waals surface area contributed by atoms with Crippen molar-refractivity contribution in [2.45, 2.75) is 24.5 Å². The molecule has 1 saturated heterocycles. The minimum atomic E-state index is -5.81. The van der Waals surface area contributed by atoms with Crippen LogP contribution in [0.3, 0.4) is 0 Å². The molecule has 0 aliphatic carbocycles. The summed E-state index contributed by atoms with van der Waals surface area (Å²) in [6.07, 6.45) is -5.57. The van der Waals surface area contributed by atoms with E-state index in [1.807, 2.05) is 0 Å². The zero-order chi connectivity index (χ0) is 22.2. The SMILES string of the molecule is N=c1ccn(C2OC(COP(=O)(O)OP(=O)(O)OP(=O)([O-])O)C(O)C2O)c([O-])n1.O.O.[Na+].[Na+]. The Morgan fingerprint density at radius 2 is 1.64 bits per heavy atom. The molecule has 0 aromatic carbocycles. The van der Waals surface area contributed by atoms with E-state index in [4.69, 9.17) is 19.9 Å². The van der Waals surface area contributed by atoms with Gasteiger partial charge in [0.2, 0.25) is 0 Å². The Morgan fingerprint density at radius 3 is 2.12 bits per heavy atom. The van der Waals surface area contributed by atoms with Crippen molar-refractivity contribution in [1.82, 2.24) is 9.55 Å². The third-order valence-corrected chi connectivity index (χ3v) is 7.03. The standard InChI is InChI=1S/C9H16N3O14P3.2Na.2H2O/c10-5-1-2-12(9(15)11-5)8-7(14)6(13)4(24-8)3-23-28(19,20)26-29(21,22)25-27(16,17)18;;;;/h1-2,4,6-8,13-14H,3H2,(H,19,20)(H,21,22)(H2,10,11,15)(H2,16,17,18);;;2*1H2/q;2*+1;;/p-2. The first-order valence-corrected chi connectivity index (χ1v) is 11.7. The molecule has 0 spiro atoms. The monoisotopic (exact) mass is 563 g/mol. The average molecular weight is 563 g/mol. The van der Waals surface area contributed by atoms with Crippen LogP contribution in [-0.4, -0.2) is 70.3 Å². The second-order valence-electron chi connectivity index (χ2n) is 5.41. The fourth-order valence-electron chi connectivity index (χ4n) is 2.17. The van der Waals surface area contributed by atoms with Crippen LogP contribution in [0.1, 0.15) is 6.23 Å². The van der Waals surface area contributed by atoms with Gasteiger partial charge in [0.25, 0.3) is 7.82 Å².